The van der Waals surface area contributed by atoms with E-state index in [-0.39, 0.29) is 23.8 Å². The Bertz CT molecular complexity index is 344. The minimum Gasteiger partial charge on any atom is -0.490 e. The van der Waals surface area contributed by atoms with E-state index in [0.29, 0.717) is 13.0 Å². The Morgan fingerprint density at radius 3 is 2.67 bits per heavy atom. The lowest BCUT2D eigenvalue weighted by Gasteiger charge is -2.03. The van der Waals surface area contributed by atoms with Gasteiger partial charge in [0.25, 0.3) is 0 Å². The lowest BCUT2D eigenvalue weighted by Crippen LogP contribution is -2.03. The van der Waals surface area contributed by atoms with Crippen LogP contribution in [0.4, 0.5) is 5.69 Å². The van der Waals surface area contributed by atoms with Crippen LogP contribution in [-0.2, 0) is 6.42 Å². The van der Waals surface area contributed by atoms with E-state index in [4.69, 9.17) is 10.5 Å². The van der Waals surface area contributed by atoms with Gasteiger partial charge in [-0.3, -0.25) is 10.1 Å². The molecule has 0 aliphatic rings. The summed E-state index contributed by atoms with van der Waals surface area (Å²) in [6.07, 6.45) is 0.630. The average molecular weight is 233 g/mol. The van der Waals surface area contributed by atoms with Crippen LogP contribution >= 0.6 is 12.4 Å². The number of hydrogen-bond donors (Lipinski definition) is 1. The molecule has 1 aromatic carbocycles. The first-order chi connectivity index (χ1) is 6.69. The molecule has 0 unspecified atom stereocenters. The molecule has 84 valence electrons. The number of halogens is 1. The van der Waals surface area contributed by atoms with Crippen molar-refractivity contribution < 1.29 is 9.66 Å². The second-order valence-electron chi connectivity index (χ2n) is 2.80. The zero-order valence-electron chi connectivity index (χ0n) is 8.30. The lowest BCUT2D eigenvalue weighted by atomic mass is 10.1. The number of nitrogens with two attached hydrogens (primary N) is 1. The molecule has 1 aromatic rings. The fraction of sp³-hybridized carbons (Fsp3) is 0.333. The smallest absolute Gasteiger partial charge is 0.311 e. The van der Waals surface area contributed by atoms with Crippen molar-refractivity contribution in [2.45, 2.75) is 6.42 Å². The lowest BCUT2D eigenvalue weighted by molar-refractivity contribution is -0.385. The number of ether oxygens (including phenoxy) is 1. The number of benzene rings is 1. The maximum absolute atomic E-state index is 10.6. The van der Waals surface area contributed by atoms with Gasteiger partial charge in [0.2, 0.25) is 0 Å². The van der Waals surface area contributed by atoms with Gasteiger partial charge >= 0.3 is 5.69 Å². The van der Waals surface area contributed by atoms with E-state index >= 15 is 0 Å². The van der Waals surface area contributed by atoms with Crippen molar-refractivity contribution in [2.75, 3.05) is 13.7 Å². The molecule has 0 aliphatic heterocycles. The highest BCUT2D eigenvalue weighted by Crippen LogP contribution is 2.27. The first-order valence-corrected chi connectivity index (χ1v) is 4.20. The highest BCUT2D eigenvalue weighted by atomic mass is 35.5. The van der Waals surface area contributed by atoms with Gasteiger partial charge in [-0.1, -0.05) is 6.07 Å². The van der Waals surface area contributed by atoms with E-state index in [9.17, 15) is 10.1 Å². The summed E-state index contributed by atoms with van der Waals surface area (Å²) in [5.41, 5.74) is 6.19. The van der Waals surface area contributed by atoms with Crippen molar-refractivity contribution in [2.24, 2.45) is 5.73 Å². The Morgan fingerprint density at radius 1 is 1.53 bits per heavy atom. The minimum absolute atomic E-state index is 0. The monoisotopic (exact) mass is 232 g/mol. The summed E-state index contributed by atoms with van der Waals surface area (Å²) in [6.45, 7) is 0.476. The van der Waals surface area contributed by atoms with Crippen molar-refractivity contribution in [1.82, 2.24) is 0 Å². The van der Waals surface area contributed by atoms with Crippen LogP contribution < -0.4 is 10.5 Å². The zero-order chi connectivity index (χ0) is 10.6. The summed E-state index contributed by atoms with van der Waals surface area (Å²) in [7, 11) is 1.41. The Labute approximate surface area is 93.8 Å². The summed E-state index contributed by atoms with van der Waals surface area (Å²) < 4.78 is 4.87. The molecule has 0 atom stereocenters. The molecule has 0 spiro atoms. The Balaban J connectivity index is 0.00000196. The molecule has 0 saturated heterocycles. The number of methoxy groups -OCH3 is 1. The topological polar surface area (TPSA) is 78.4 Å². The Hall–Kier alpha value is -1.33. The molecule has 0 heterocycles. The third-order valence-electron chi connectivity index (χ3n) is 1.87. The van der Waals surface area contributed by atoms with E-state index < -0.39 is 4.92 Å². The second kappa shape index (κ2) is 6.21. The summed E-state index contributed by atoms with van der Waals surface area (Å²) >= 11 is 0. The van der Waals surface area contributed by atoms with E-state index in [1.54, 1.807) is 12.1 Å². The van der Waals surface area contributed by atoms with Gasteiger partial charge in [-0.2, -0.15) is 0 Å². The van der Waals surface area contributed by atoms with Crippen LogP contribution in [0.2, 0.25) is 0 Å². The van der Waals surface area contributed by atoms with Gasteiger partial charge in [-0.15, -0.1) is 12.4 Å². The van der Waals surface area contributed by atoms with Crippen molar-refractivity contribution >= 4 is 18.1 Å². The van der Waals surface area contributed by atoms with E-state index in [1.165, 1.54) is 13.2 Å². The molecule has 5 nitrogen and oxygen atoms in total. The van der Waals surface area contributed by atoms with Crippen LogP contribution in [0.15, 0.2) is 18.2 Å². The molecule has 0 radical (unpaired) electrons. The van der Waals surface area contributed by atoms with Gasteiger partial charge in [0.1, 0.15) is 0 Å². The number of nitro groups is 1. The predicted molar refractivity (Wildman–Crippen MR) is 59.7 cm³/mol. The van der Waals surface area contributed by atoms with Gasteiger partial charge in [0, 0.05) is 6.07 Å². The van der Waals surface area contributed by atoms with E-state index in [2.05, 4.69) is 0 Å². The first kappa shape index (κ1) is 13.7. The molecule has 0 fully saturated rings. The largest absolute Gasteiger partial charge is 0.490 e. The number of nitrogens with zero attached hydrogens (tertiary/aromatic N) is 1. The number of hydrogen-bond acceptors (Lipinski definition) is 4. The third kappa shape index (κ3) is 3.38. The highest BCUT2D eigenvalue weighted by molar-refractivity contribution is 5.85. The fourth-order valence-electron chi connectivity index (χ4n) is 1.20. The van der Waals surface area contributed by atoms with Crippen molar-refractivity contribution in [3.63, 3.8) is 0 Å². The van der Waals surface area contributed by atoms with Crippen LogP contribution in [0.3, 0.4) is 0 Å². The average Bonchev–Trinajstić information content (AvgIpc) is 2.18. The maximum Gasteiger partial charge on any atom is 0.311 e. The summed E-state index contributed by atoms with van der Waals surface area (Å²) in [6, 6.07) is 4.85. The summed E-state index contributed by atoms with van der Waals surface area (Å²) in [4.78, 5) is 10.2. The van der Waals surface area contributed by atoms with E-state index in [0.717, 1.165) is 5.56 Å². The van der Waals surface area contributed by atoms with E-state index in [1.807, 2.05) is 0 Å². The molecule has 0 aliphatic carbocycles. The van der Waals surface area contributed by atoms with Crippen molar-refractivity contribution in [3.05, 3.63) is 33.9 Å². The molecule has 6 heteroatoms. The quantitative estimate of drug-likeness (QED) is 0.631. The fourth-order valence-corrected chi connectivity index (χ4v) is 1.20. The van der Waals surface area contributed by atoms with Crippen molar-refractivity contribution in [1.29, 1.82) is 0 Å². The molecule has 0 aromatic heterocycles. The molecule has 0 bridgehead atoms. The molecule has 0 amide bonds. The molecule has 1 rings (SSSR count). The Kier molecular flexibility index (Phi) is 5.66. The highest BCUT2D eigenvalue weighted by Gasteiger charge is 2.14. The van der Waals surface area contributed by atoms with Crippen LogP contribution in [0.1, 0.15) is 5.56 Å². The van der Waals surface area contributed by atoms with Crippen LogP contribution in [-0.4, -0.2) is 18.6 Å². The summed E-state index contributed by atoms with van der Waals surface area (Å²) in [5, 5.41) is 10.6. The summed E-state index contributed by atoms with van der Waals surface area (Å²) in [5.74, 6) is 0.274. The zero-order valence-corrected chi connectivity index (χ0v) is 9.12. The standard InChI is InChI=1S/C9H12N2O3.ClH/c1-14-9-3-2-7(4-5-10)6-8(9)11(12)13;/h2-3,6H,4-5,10H2,1H3;1H. The van der Waals surface area contributed by atoms with Crippen molar-refractivity contribution in [3.8, 4) is 5.75 Å². The molecular weight excluding hydrogens is 220 g/mol. The molecule has 15 heavy (non-hydrogen) atoms. The van der Waals surface area contributed by atoms with Gasteiger partial charge in [-0.05, 0) is 24.6 Å². The van der Waals surface area contributed by atoms with Gasteiger partial charge in [-0.25, -0.2) is 0 Å². The Morgan fingerprint density at radius 2 is 2.20 bits per heavy atom. The number of rotatable bonds is 4. The predicted octanol–water partition coefficient (Wildman–Crippen LogP) is 1.53. The minimum atomic E-state index is -0.459. The van der Waals surface area contributed by atoms with Gasteiger partial charge in [0.05, 0.1) is 12.0 Å². The molecule has 0 saturated carbocycles. The van der Waals surface area contributed by atoms with Gasteiger partial charge < -0.3 is 10.5 Å². The third-order valence-corrected chi connectivity index (χ3v) is 1.87. The SMILES string of the molecule is COc1ccc(CCN)cc1[N+](=O)[O-].Cl. The maximum atomic E-state index is 10.6. The van der Waals surface area contributed by atoms with Crippen LogP contribution in [0.25, 0.3) is 0 Å². The second-order valence-corrected chi connectivity index (χ2v) is 2.80. The van der Waals surface area contributed by atoms with Gasteiger partial charge in [0.15, 0.2) is 5.75 Å². The number of nitro benzene ring substituents is 1. The normalized spacial score (nSPS) is 9.20. The first-order valence-electron chi connectivity index (χ1n) is 4.20. The van der Waals surface area contributed by atoms with Crippen LogP contribution in [0, 0.1) is 10.1 Å². The molecular formula is C9H13ClN2O3. The molecule has 2 N–H and O–H groups in total. The van der Waals surface area contributed by atoms with Crippen LogP contribution in [0.5, 0.6) is 5.75 Å².